The highest BCUT2D eigenvalue weighted by molar-refractivity contribution is 8.00. The number of amides is 2. The van der Waals surface area contributed by atoms with Crippen molar-refractivity contribution >= 4 is 23.8 Å². The predicted molar refractivity (Wildman–Crippen MR) is 67.1 cm³/mol. The number of esters is 1. The lowest BCUT2D eigenvalue weighted by atomic mass is 9.99. The first kappa shape index (κ1) is 13.5. The standard InChI is InChI=1S/C11H18N2O4S/c1-17-9(14)5-3-2-4-8-11(16)7(6-18-8)12-10(15)13-11/h7-8,16H,2-6H2,1H3,(H2,12,13,15)/t7-,8+,11-/m1/s1. The van der Waals surface area contributed by atoms with E-state index in [0.717, 1.165) is 25.0 Å². The lowest BCUT2D eigenvalue weighted by Crippen LogP contribution is -2.53. The maximum Gasteiger partial charge on any atom is 0.317 e. The van der Waals surface area contributed by atoms with Crippen LogP contribution < -0.4 is 10.6 Å². The Kier molecular flexibility index (Phi) is 4.01. The Bertz CT molecular complexity index is 352. The van der Waals surface area contributed by atoms with E-state index in [2.05, 4.69) is 15.4 Å². The molecule has 0 saturated carbocycles. The molecule has 2 saturated heterocycles. The van der Waals surface area contributed by atoms with E-state index in [1.807, 2.05) is 0 Å². The van der Waals surface area contributed by atoms with Crippen LogP contribution in [0, 0.1) is 0 Å². The van der Waals surface area contributed by atoms with E-state index in [-0.39, 0.29) is 23.3 Å². The zero-order chi connectivity index (χ0) is 13.2. The van der Waals surface area contributed by atoms with Crippen LogP contribution in [0.15, 0.2) is 0 Å². The summed E-state index contributed by atoms with van der Waals surface area (Å²) in [5.74, 6) is 0.512. The Balaban J connectivity index is 1.77. The van der Waals surface area contributed by atoms with Gasteiger partial charge in [0, 0.05) is 12.2 Å². The highest BCUT2D eigenvalue weighted by Gasteiger charge is 2.55. The second-order valence-corrected chi connectivity index (χ2v) is 5.86. The summed E-state index contributed by atoms with van der Waals surface area (Å²) in [4.78, 5) is 22.2. The number of hydrogen-bond donors (Lipinski definition) is 3. The number of hydrogen-bond acceptors (Lipinski definition) is 5. The molecule has 0 aliphatic carbocycles. The fraction of sp³-hybridized carbons (Fsp3) is 0.818. The van der Waals surface area contributed by atoms with Crippen molar-refractivity contribution in [3.8, 4) is 0 Å². The number of carbonyl (C=O) groups excluding carboxylic acids is 2. The number of unbranched alkanes of at least 4 members (excludes halogenated alkanes) is 1. The maximum atomic E-state index is 11.2. The molecule has 102 valence electrons. The van der Waals surface area contributed by atoms with Gasteiger partial charge in [0.1, 0.15) is 0 Å². The number of nitrogens with one attached hydrogen (secondary N) is 2. The number of fused-ring (bicyclic) bond motifs is 1. The third kappa shape index (κ3) is 2.56. The molecule has 3 N–H and O–H groups in total. The molecule has 0 radical (unpaired) electrons. The molecule has 7 heteroatoms. The van der Waals surface area contributed by atoms with Gasteiger partial charge in [-0.25, -0.2) is 4.79 Å². The molecule has 0 aromatic rings. The van der Waals surface area contributed by atoms with E-state index < -0.39 is 5.72 Å². The van der Waals surface area contributed by atoms with Crippen molar-refractivity contribution in [2.24, 2.45) is 0 Å². The van der Waals surface area contributed by atoms with Gasteiger partial charge in [-0.05, 0) is 12.8 Å². The number of methoxy groups -OCH3 is 1. The Hall–Kier alpha value is -0.950. The van der Waals surface area contributed by atoms with Crippen LogP contribution in [0.3, 0.4) is 0 Å². The van der Waals surface area contributed by atoms with Crippen LogP contribution in [-0.2, 0) is 9.53 Å². The fourth-order valence-electron chi connectivity index (χ4n) is 2.39. The van der Waals surface area contributed by atoms with Gasteiger partial charge in [0.2, 0.25) is 0 Å². The van der Waals surface area contributed by atoms with E-state index >= 15 is 0 Å². The largest absolute Gasteiger partial charge is 0.469 e. The second kappa shape index (κ2) is 5.36. The van der Waals surface area contributed by atoms with Crippen molar-refractivity contribution in [2.45, 2.75) is 42.7 Å². The van der Waals surface area contributed by atoms with Crippen molar-refractivity contribution in [3.05, 3.63) is 0 Å². The molecule has 3 atom stereocenters. The molecule has 2 aliphatic heterocycles. The first-order chi connectivity index (χ1) is 8.56. The van der Waals surface area contributed by atoms with Crippen LogP contribution in [0.2, 0.25) is 0 Å². The summed E-state index contributed by atoms with van der Waals surface area (Å²) in [5.41, 5.74) is -1.13. The molecule has 0 spiro atoms. The molecule has 0 aromatic heterocycles. The van der Waals surface area contributed by atoms with E-state index in [9.17, 15) is 14.7 Å². The van der Waals surface area contributed by atoms with Crippen molar-refractivity contribution in [1.29, 1.82) is 0 Å². The molecule has 18 heavy (non-hydrogen) atoms. The number of urea groups is 1. The van der Waals surface area contributed by atoms with Gasteiger partial charge < -0.3 is 20.5 Å². The molecule has 2 rings (SSSR count). The van der Waals surface area contributed by atoms with Crippen molar-refractivity contribution < 1.29 is 19.4 Å². The Labute approximate surface area is 110 Å². The third-order valence-electron chi connectivity index (χ3n) is 3.43. The minimum atomic E-state index is -1.13. The number of aliphatic hydroxyl groups is 1. The highest BCUT2D eigenvalue weighted by atomic mass is 32.2. The predicted octanol–water partition coefficient (Wildman–Crippen LogP) is 0.205. The van der Waals surface area contributed by atoms with E-state index in [0.29, 0.717) is 6.42 Å². The highest BCUT2D eigenvalue weighted by Crippen LogP contribution is 2.39. The summed E-state index contributed by atoms with van der Waals surface area (Å²) in [6, 6.07) is -0.511. The molecule has 2 amide bonds. The summed E-state index contributed by atoms with van der Waals surface area (Å²) in [6.45, 7) is 0. The van der Waals surface area contributed by atoms with Crippen molar-refractivity contribution in [1.82, 2.24) is 10.6 Å². The molecule has 0 unspecified atom stereocenters. The third-order valence-corrected chi connectivity index (χ3v) is 4.95. The lowest BCUT2D eigenvalue weighted by molar-refractivity contribution is -0.140. The van der Waals surface area contributed by atoms with Gasteiger partial charge >= 0.3 is 12.0 Å². The number of thioether (sulfide) groups is 1. The SMILES string of the molecule is COC(=O)CCCC[C@@H]1SC[C@H]2NC(=O)N[C@]12O. The molecule has 0 aromatic carbocycles. The summed E-state index contributed by atoms with van der Waals surface area (Å²) in [6.07, 6.45) is 2.75. The van der Waals surface area contributed by atoms with Gasteiger partial charge in [0.15, 0.2) is 5.72 Å². The zero-order valence-corrected chi connectivity index (χ0v) is 11.1. The first-order valence-electron chi connectivity index (χ1n) is 6.05. The van der Waals surface area contributed by atoms with Crippen LogP contribution >= 0.6 is 11.8 Å². The molecule has 2 fully saturated rings. The number of ether oxygens (including phenoxy) is 1. The van der Waals surface area contributed by atoms with Crippen molar-refractivity contribution in [3.63, 3.8) is 0 Å². The smallest absolute Gasteiger partial charge is 0.317 e. The van der Waals surface area contributed by atoms with Gasteiger partial charge in [-0.3, -0.25) is 4.79 Å². The topological polar surface area (TPSA) is 87.7 Å². The first-order valence-corrected chi connectivity index (χ1v) is 7.10. The Morgan fingerprint density at radius 2 is 2.39 bits per heavy atom. The second-order valence-electron chi connectivity index (χ2n) is 4.62. The normalized spacial score (nSPS) is 33.8. The van der Waals surface area contributed by atoms with Crippen LogP contribution in [0.4, 0.5) is 4.79 Å². The molecule has 2 heterocycles. The zero-order valence-electron chi connectivity index (χ0n) is 10.3. The van der Waals surface area contributed by atoms with E-state index in [1.54, 1.807) is 11.8 Å². The van der Waals surface area contributed by atoms with Gasteiger partial charge in [-0.15, -0.1) is 0 Å². The average Bonchev–Trinajstić information content (AvgIpc) is 2.77. The quantitative estimate of drug-likeness (QED) is 0.379. The average molecular weight is 274 g/mol. The maximum absolute atomic E-state index is 11.2. The molecular weight excluding hydrogens is 256 g/mol. The van der Waals surface area contributed by atoms with Gasteiger partial charge in [-0.1, -0.05) is 6.42 Å². The molecule has 6 nitrogen and oxygen atoms in total. The van der Waals surface area contributed by atoms with Gasteiger partial charge in [0.05, 0.1) is 18.4 Å². The summed E-state index contributed by atoms with van der Waals surface area (Å²) in [5, 5.41) is 15.7. The summed E-state index contributed by atoms with van der Waals surface area (Å²) < 4.78 is 4.56. The fourth-order valence-corrected chi connectivity index (χ4v) is 3.96. The van der Waals surface area contributed by atoms with Crippen LogP contribution in [0.1, 0.15) is 25.7 Å². The molecule has 0 bridgehead atoms. The summed E-state index contributed by atoms with van der Waals surface area (Å²) in [7, 11) is 1.38. The number of rotatable bonds is 5. The van der Waals surface area contributed by atoms with Crippen molar-refractivity contribution in [2.75, 3.05) is 12.9 Å². The van der Waals surface area contributed by atoms with Crippen LogP contribution in [0.25, 0.3) is 0 Å². The minimum absolute atomic E-state index is 0.0147. The van der Waals surface area contributed by atoms with Gasteiger partial charge in [-0.2, -0.15) is 11.8 Å². The van der Waals surface area contributed by atoms with Crippen LogP contribution in [-0.4, -0.2) is 47.0 Å². The lowest BCUT2D eigenvalue weighted by Gasteiger charge is -2.27. The Morgan fingerprint density at radius 3 is 3.11 bits per heavy atom. The number of carbonyl (C=O) groups is 2. The summed E-state index contributed by atoms with van der Waals surface area (Å²) >= 11 is 1.66. The minimum Gasteiger partial charge on any atom is -0.469 e. The van der Waals surface area contributed by atoms with E-state index in [1.165, 1.54) is 7.11 Å². The Morgan fingerprint density at radius 1 is 1.61 bits per heavy atom. The monoisotopic (exact) mass is 274 g/mol. The van der Waals surface area contributed by atoms with E-state index in [4.69, 9.17) is 0 Å². The molecular formula is C11H18N2O4S. The molecule has 2 aliphatic rings. The van der Waals surface area contributed by atoms with Gasteiger partial charge in [0.25, 0.3) is 0 Å². The van der Waals surface area contributed by atoms with Crippen LogP contribution in [0.5, 0.6) is 0 Å².